The van der Waals surface area contributed by atoms with Crippen LogP contribution in [0.4, 0.5) is 5.69 Å². The minimum atomic E-state index is -0.0165. The monoisotopic (exact) mass is 282 g/mol. The molecular formula is C18H20NO2+. The van der Waals surface area contributed by atoms with Gasteiger partial charge in [-0.2, -0.15) is 4.58 Å². The van der Waals surface area contributed by atoms with Crippen LogP contribution in [0.15, 0.2) is 36.4 Å². The molecule has 0 fully saturated rings. The van der Waals surface area contributed by atoms with E-state index in [9.17, 15) is 4.79 Å². The van der Waals surface area contributed by atoms with E-state index in [4.69, 9.17) is 4.74 Å². The van der Waals surface area contributed by atoms with E-state index in [2.05, 4.69) is 61.7 Å². The molecule has 1 heterocycles. The maximum absolute atomic E-state index is 10.4. The number of hydrogen-bond acceptors (Lipinski definition) is 2. The standard InChI is InChI=1S/C18H20NO2/c1-13-18(2,3)17-15-7-5-4-6-14(15)8-9-16(17)19(13)10-11-21-12-20/h4-9,12H,10-11H2,1-3H3/q+1. The van der Waals surface area contributed by atoms with Crippen LogP contribution >= 0.6 is 0 Å². The van der Waals surface area contributed by atoms with E-state index < -0.39 is 0 Å². The molecule has 0 saturated heterocycles. The fourth-order valence-electron chi connectivity index (χ4n) is 3.32. The maximum atomic E-state index is 10.4. The summed E-state index contributed by atoms with van der Waals surface area (Å²) in [6.07, 6.45) is 0. The van der Waals surface area contributed by atoms with E-state index in [1.54, 1.807) is 0 Å². The Labute approximate surface area is 124 Å². The highest BCUT2D eigenvalue weighted by molar-refractivity contribution is 6.01. The summed E-state index contributed by atoms with van der Waals surface area (Å²) in [4.78, 5) is 10.4. The van der Waals surface area contributed by atoms with Crippen molar-refractivity contribution in [3.63, 3.8) is 0 Å². The lowest BCUT2D eigenvalue weighted by molar-refractivity contribution is -0.441. The van der Waals surface area contributed by atoms with Gasteiger partial charge in [-0.15, -0.1) is 0 Å². The van der Waals surface area contributed by atoms with Crippen LogP contribution in [0, 0.1) is 0 Å². The molecule has 3 rings (SSSR count). The van der Waals surface area contributed by atoms with Gasteiger partial charge in [0.2, 0.25) is 5.69 Å². The summed E-state index contributed by atoms with van der Waals surface area (Å²) in [7, 11) is 0. The smallest absolute Gasteiger partial charge is 0.293 e. The zero-order valence-corrected chi connectivity index (χ0v) is 12.7. The van der Waals surface area contributed by atoms with Crippen LogP contribution in [0.3, 0.4) is 0 Å². The van der Waals surface area contributed by atoms with E-state index in [0.717, 1.165) is 0 Å². The number of nitrogens with zero attached hydrogens (tertiary/aromatic N) is 1. The van der Waals surface area contributed by atoms with Crippen LogP contribution in [0.1, 0.15) is 26.3 Å². The lowest BCUT2D eigenvalue weighted by atomic mass is 9.80. The summed E-state index contributed by atoms with van der Waals surface area (Å²) in [5, 5.41) is 2.57. The second-order valence-corrected chi connectivity index (χ2v) is 6.01. The maximum Gasteiger partial charge on any atom is 0.293 e. The van der Waals surface area contributed by atoms with E-state index >= 15 is 0 Å². The van der Waals surface area contributed by atoms with Gasteiger partial charge >= 0.3 is 0 Å². The van der Waals surface area contributed by atoms with Gasteiger partial charge in [-0.25, -0.2) is 0 Å². The summed E-state index contributed by atoms with van der Waals surface area (Å²) in [6, 6.07) is 12.8. The minimum absolute atomic E-state index is 0.0165. The zero-order valence-electron chi connectivity index (χ0n) is 12.7. The molecule has 0 atom stereocenters. The first-order chi connectivity index (χ1) is 10.1. The average Bonchev–Trinajstić information content (AvgIpc) is 2.68. The van der Waals surface area contributed by atoms with E-state index in [-0.39, 0.29) is 5.41 Å². The predicted octanol–water partition coefficient (Wildman–Crippen LogP) is 3.41. The van der Waals surface area contributed by atoms with Gasteiger partial charge in [0.25, 0.3) is 6.47 Å². The van der Waals surface area contributed by atoms with Crippen LogP contribution < -0.4 is 0 Å². The van der Waals surface area contributed by atoms with E-state index in [1.807, 2.05) is 0 Å². The Bertz CT molecular complexity index is 744. The van der Waals surface area contributed by atoms with Gasteiger partial charge in [-0.3, -0.25) is 4.79 Å². The Morgan fingerprint density at radius 2 is 1.95 bits per heavy atom. The van der Waals surface area contributed by atoms with Crippen LogP contribution in [-0.4, -0.2) is 29.9 Å². The van der Waals surface area contributed by atoms with Crippen LogP contribution in [0.5, 0.6) is 0 Å². The molecular weight excluding hydrogens is 262 g/mol. The highest BCUT2D eigenvalue weighted by Gasteiger charge is 2.43. The lowest BCUT2D eigenvalue weighted by Gasteiger charge is -2.17. The van der Waals surface area contributed by atoms with Crippen molar-refractivity contribution >= 4 is 28.6 Å². The first-order valence-corrected chi connectivity index (χ1v) is 7.26. The molecule has 0 bridgehead atoms. The summed E-state index contributed by atoms with van der Waals surface area (Å²) >= 11 is 0. The fraction of sp³-hybridized carbons (Fsp3) is 0.333. The van der Waals surface area contributed by atoms with E-state index in [0.29, 0.717) is 19.6 Å². The summed E-state index contributed by atoms with van der Waals surface area (Å²) in [5.41, 5.74) is 3.87. The molecule has 2 aromatic rings. The van der Waals surface area contributed by atoms with E-state index in [1.165, 1.54) is 27.7 Å². The Morgan fingerprint density at radius 3 is 2.71 bits per heavy atom. The SMILES string of the molecule is CC1=[N+](CCOC=O)c2ccc3ccccc3c2C1(C)C. The summed E-state index contributed by atoms with van der Waals surface area (Å²) < 4.78 is 7.15. The molecule has 0 aliphatic carbocycles. The van der Waals surface area contributed by atoms with Crippen LogP contribution in [0.25, 0.3) is 10.8 Å². The normalized spacial score (nSPS) is 16.1. The highest BCUT2D eigenvalue weighted by Crippen LogP contribution is 2.43. The van der Waals surface area contributed by atoms with Gasteiger partial charge in [0.15, 0.2) is 12.3 Å². The molecule has 21 heavy (non-hydrogen) atoms. The number of fused-ring (bicyclic) bond motifs is 3. The first kappa shape index (κ1) is 13.8. The lowest BCUT2D eigenvalue weighted by Crippen LogP contribution is -2.27. The van der Waals surface area contributed by atoms with Gasteiger partial charge in [0.1, 0.15) is 6.61 Å². The first-order valence-electron chi connectivity index (χ1n) is 7.26. The average molecular weight is 282 g/mol. The Hall–Kier alpha value is -2.16. The molecule has 0 unspecified atom stereocenters. The van der Waals surface area contributed by atoms with Crippen molar-refractivity contribution in [1.82, 2.24) is 0 Å². The molecule has 108 valence electrons. The Morgan fingerprint density at radius 1 is 1.19 bits per heavy atom. The van der Waals surface area contributed by atoms with Gasteiger partial charge in [0.05, 0.1) is 5.41 Å². The zero-order chi connectivity index (χ0) is 15.0. The second kappa shape index (κ2) is 4.99. The highest BCUT2D eigenvalue weighted by atomic mass is 16.5. The number of carbonyl (C=O) groups excluding carboxylic acids is 1. The third kappa shape index (κ3) is 2.04. The largest absolute Gasteiger partial charge is 0.461 e. The third-order valence-electron chi connectivity index (χ3n) is 4.63. The Kier molecular flexibility index (Phi) is 3.28. The molecule has 0 spiro atoms. The molecule has 0 aromatic heterocycles. The molecule has 1 aliphatic rings. The molecule has 0 amide bonds. The van der Waals surface area contributed by atoms with Crippen molar-refractivity contribution in [2.24, 2.45) is 0 Å². The van der Waals surface area contributed by atoms with Gasteiger partial charge in [-0.1, -0.05) is 24.3 Å². The number of ether oxygens (including phenoxy) is 1. The number of rotatable bonds is 4. The van der Waals surface area contributed by atoms with Crippen molar-refractivity contribution in [2.45, 2.75) is 26.2 Å². The number of hydrogen-bond donors (Lipinski definition) is 0. The number of carbonyl (C=O) groups is 1. The van der Waals surface area contributed by atoms with Crippen molar-refractivity contribution in [3.05, 3.63) is 42.0 Å². The van der Waals surface area contributed by atoms with Crippen LogP contribution in [-0.2, 0) is 14.9 Å². The molecule has 3 heteroatoms. The van der Waals surface area contributed by atoms with Gasteiger partial charge in [-0.05, 0) is 30.7 Å². The molecule has 1 aliphatic heterocycles. The third-order valence-corrected chi connectivity index (χ3v) is 4.63. The van der Waals surface area contributed by atoms with Gasteiger partial charge < -0.3 is 4.74 Å². The second-order valence-electron chi connectivity index (χ2n) is 6.01. The fourth-order valence-corrected chi connectivity index (χ4v) is 3.32. The quantitative estimate of drug-likeness (QED) is 0.488. The van der Waals surface area contributed by atoms with Crippen molar-refractivity contribution in [2.75, 3.05) is 13.2 Å². The molecule has 0 saturated carbocycles. The molecule has 2 aromatic carbocycles. The number of benzene rings is 2. The summed E-state index contributed by atoms with van der Waals surface area (Å²) in [5.74, 6) is 0. The molecule has 0 N–H and O–H groups in total. The van der Waals surface area contributed by atoms with Gasteiger partial charge in [0, 0.05) is 18.6 Å². The molecule has 3 nitrogen and oxygen atoms in total. The van der Waals surface area contributed by atoms with Crippen molar-refractivity contribution in [3.8, 4) is 0 Å². The topological polar surface area (TPSA) is 29.3 Å². The van der Waals surface area contributed by atoms with Crippen molar-refractivity contribution in [1.29, 1.82) is 0 Å². The minimum Gasteiger partial charge on any atom is -0.461 e. The Balaban J connectivity index is 2.17. The predicted molar refractivity (Wildman–Crippen MR) is 84.5 cm³/mol. The van der Waals surface area contributed by atoms with Crippen molar-refractivity contribution < 1.29 is 14.1 Å². The van der Waals surface area contributed by atoms with Crippen LogP contribution in [0.2, 0.25) is 0 Å². The summed E-state index contributed by atoms with van der Waals surface area (Å²) in [6.45, 7) is 8.29. The molecule has 0 radical (unpaired) electrons.